The molecule has 4 nitrogen and oxygen atoms in total. The molecule has 0 saturated carbocycles. The first kappa shape index (κ1) is 17.2. The van der Waals surface area contributed by atoms with Crippen LogP contribution in [0, 0.1) is 6.92 Å². The molecule has 0 aliphatic heterocycles. The highest BCUT2D eigenvalue weighted by molar-refractivity contribution is 6.04. The monoisotopic (exact) mass is 338 g/mol. The van der Waals surface area contributed by atoms with Crippen LogP contribution in [0.5, 0.6) is 11.5 Å². The first-order valence-electron chi connectivity index (χ1n) is 8.51. The number of carbonyl (C=O) groups excluding carboxylic acids is 2. The van der Waals surface area contributed by atoms with Crippen LogP contribution >= 0.6 is 0 Å². The molecule has 1 aliphatic carbocycles. The smallest absolute Gasteiger partial charge is 0.167 e. The van der Waals surface area contributed by atoms with E-state index in [-0.39, 0.29) is 17.5 Å². The maximum atomic E-state index is 12.3. The second kappa shape index (κ2) is 7.09. The molecular weight excluding hydrogens is 316 g/mol. The molecule has 130 valence electrons. The average molecular weight is 338 g/mol. The van der Waals surface area contributed by atoms with Crippen molar-refractivity contribution in [3.63, 3.8) is 0 Å². The van der Waals surface area contributed by atoms with Gasteiger partial charge in [0, 0.05) is 6.42 Å². The summed E-state index contributed by atoms with van der Waals surface area (Å²) in [6.07, 6.45) is 0.541. The van der Waals surface area contributed by atoms with Crippen LogP contribution in [0.3, 0.4) is 0 Å². The number of carbonyl (C=O) groups is 2. The summed E-state index contributed by atoms with van der Waals surface area (Å²) in [6, 6.07) is 11.0. The predicted octanol–water partition coefficient (Wildman–Crippen LogP) is 4.35. The van der Waals surface area contributed by atoms with Gasteiger partial charge in [-0.25, -0.2) is 0 Å². The van der Waals surface area contributed by atoms with E-state index in [4.69, 9.17) is 9.47 Å². The lowest BCUT2D eigenvalue weighted by atomic mass is 9.97. The number of benzene rings is 2. The van der Waals surface area contributed by atoms with E-state index in [9.17, 15) is 9.59 Å². The molecule has 0 saturated heterocycles. The fraction of sp³-hybridized carbons (Fsp3) is 0.333. The summed E-state index contributed by atoms with van der Waals surface area (Å²) < 4.78 is 11.5. The zero-order valence-corrected chi connectivity index (χ0v) is 14.8. The summed E-state index contributed by atoms with van der Waals surface area (Å²) >= 11 is 0. The van der Waals surface area contributed by atoms with Crippen molar-refractivity contribution in [1.29, 1.82) is 0 Å². The molecule has 0 aromatic heterocycles. The number of ketones is 2. The molecule has 0 heterocycles. The van der Waals surface area contributed by atoms with Gasteiger partial charge in [-0.2, -0.15) is 0 Å². The normalized spacial score (nSPS) is 15.8. The first-order valence-corrected chi connectivity index (χ1v) is 8.51. The van der Waals surface area contributed by atoms with Gasteiger partial charge < -0.3 is 9.47 Å². The zero-order chi connectivity index (χ0) is 18.0. The van der Waals surface area contributed by atoms with E-state index in [0.29, 0.717) is 36.7 Å². The lowest BCUT2D eigenvalue weighted by Crippen LogP contribution is -2.12. The second-order valence-corrected chi connectivity index (χ2v) is 6.45. The summed E-state index contributed by atoms with van der Waals surface area (Å²) in [5, 5.41) is 0. The van der Waals surface area contributed by atoms with Gasteiger partial charge in [0.2, 0.25) is 0 Å². The molecular formula is C21H22O4. The van der Waals surface area contributed by atoms with Gasteiger partial charge in [0.05, 0.1) is 11.1 Å². The highest BCUT2D eigenvalue weighted by Gasteiger charge is 2.30. The number of aryl methyl sites for hydroxylation is 1. The van der Waals surface area contributed by atoms with Gasteiger partial charge in [-0.05, 0) is 49.1 Å². The van der Waals surface area contributed by atoms with Crippen LogP contribution in [-0.2, 0) is 0 Å². The molecule has 0 fully saturated rings. The van der Waals surface area contributed by atoms with Crippen LogP contribution in [0.1, 0.15) is 58.0 Å². The van der Waals surface area contributed by atoms with Crippen LogP contribution in [-0.4, -0.2) is 24.8 Å². The summed E-state index contributed by atoms with van der Waals surface area (Å²) in [7, 11) is 0. The molecule has 0 radical (unpaired) electrons. The summed E-state index contributed by atoms with van der Waals surface area (Å²) in [6.45, 7) is 6.23. The van der Waals surface area contributed by atoms with Crippen molar-refractivity contribution in [3.05, 3.63) is 58.7 Å². The maximum absolute atomic E-state index is 12.3. The molecule has 0 bridgehead atoms. The van der Waals surface area contributed by atoms with Crippen molar-refractivity contribution in [2.45, 2.75) is 33.1 Å². The number of Topliss-reactive ketones (excluding diaryl/α,β-unsaturated/α-hetero) is 2. The van der Waals surface area contributed by atoms with Crippen LogP contribution in [0.15, 0.2) is 36.4 Å². The van der Waals surface area contributed by atoms with Crippen molar-refractivity contribution in [2.75, 3.05) is 13.2 Å². The summed E-state index contributed by atoms with van der Waals surface area (Å²) in [5.41, 5.74) is 3.51. The van der Waals surface area contributed by atoms with Crippen molar-refractivity contribution in [2.24, 2.45) is 0 Å². The van der Waals surface area contributed by atoms with Crippen molar-refractivity contribution in [1.82, 2.24) is 0 Å². The zero-order valence-electron chi connectivity index (χ0n) is 14.8. The van der Waals surface area contributed by atoms with Crippen LogP contribution < -0.4 is 9.47 Å². The highest BCUT2D eigenvalue weighted by Crippen LogP contribution is 2.40. The van der Waals surface area contributed by atoms with E-state index < -0.39 is 0 Å². The van der Waals surface area contributed by atoms with Crippen LogP contribution in [0.4, 0.5) is 0 Å². The Bertz CT molecular complexity index is 823. The van der Waals surface area contributed by atoms with E-state index in [1.54, 1.807) is 12.1 Å². The number of para-hydroxylation sites is 1. The molecule has 2 aromatic rings. The Morgan fingerprint density at radius 2 is 1.76 bits per heavy atom. The van der Waals surface area contributed by atoms with Gasteiger partial charge in [-0.3, -0.25) is 9.59 Å². The Morgan fingerprint density at radius 3 is 2.48 bits per heavy atom. The van der Waals surface area contributed by atoms with E-state index in [0.717, 1.165) is 16.7 Å². The molecule has 2 aromatic carbocycles. The van der Waals surface area contributed by atoms with Gasteiger partial charge in [0.1, 0.15) is 24.7 Å². The minimum Gasteiger partial charge on any atom is -0.489 e. The Kier molecular flexibility index (Phi) is 4.88. The highest BCUT2D eigenvalue weighted by atomic mass is 16.5. The Balaban J connectivity index is 1.67. The van der Waals surface area contributed by atoms with Gasteiger partial charge in [-0.15, -0.1) is 0 Å². The SMILES string of the molecule is CC(=O)c1ccccc1OCCOc1ccc(C)c2c1C(=O)CC2C. The van der Waals surface area contributed by atoms with E-state index in [1.807, 2.05) is 31.2 Å². The van der Waals surface area contributed by atoms with Crippen molar-refractivity contribution in [3.8, 4) is 11.5 Å². The third kappa shape index (κ3) is 3.43. The van der Waals surface area contributed by atoms with Crippen LogP contribution in [0.25, 0.3) is 0 Å². The van der Waals surface area contributed by atoms with Crippen molar-refractivity contribution < 1.29 is 19.1 Å². The Hall–Kier alpha value is -2.62. The predicted molar refractivity (Wildman–Crippen MR) is 96.0 cm³/mol. The topological polar surface area (TPSA) is 52.6 Å². The number of hydrogen-bond donors (Lipinski definition) is 0. The molecule has 4 heteroatoms. The Labute approximate surface area is 147 Å². The number of fused-ring (bicyclic) bond motifs is 1. The van der Waals surface area contributed by atoms with Crippen molar-refractivity contribution >= 4 is 11.6 Å². The van der Waals surface area contributed by atoms with E-state index in [1.165, 1.54) is 6.92 Å². The van der Waals surface area contributed by atoms with E-state index >= 15 is 0 Å². The third-order valence-corrected chi connectivity index (χ3v) is 4.55. The molecule has 1 atom stereocenters. The minimum atomic E-state index is -0.0348. The summed E-state index contributed by atoms with van der Waals surface area (Å²) in [4.78, 5) is 23.9. The first-order chi connectivity index (χ1) is 12.0. The van der Waals surface area contributed by atoms with Gasteiger partial charge in [-0.1, -0.05) is 25.1 Å². The average Bonchev–Trinajstić information content (AvgIpc) is 2.89. The molecule has 1 unspecified atom stereocenters. The third-order valence-electron chi connectivity index (χ3n) is 4.55. The standard InChI is InChI=1S/C21H22O4/c1-13-8-9-19(21-17(23)12-14(2)20(13)21)25-11-10-24-18-7-5-4-6-16(18)15(3)22/h4-9,14H,10-12H2,1-3H3. The number of hydrogen-bond acceptors (Lipinski definition) is 4. The summed E-state index contributed by atoms with van der Waals surface area (Å²) in [5.74, 6) is 1.53. The molecule has 0 amide bonds. The largest absolute Gasteiger partial charge is 0.489 e. The molecule has 1 aliphatic rings. The molecule has 0 N–H and O–H groups in total. The minimum absolute atomic E-state index is 0.0348. The van der Waals surface area contributed by atoms with Gasteiger partial charge in [0.25, 0.3) is 0 Å². The van der Waals surface area contributed by atoms with Crippen LogP contribution in [0.2, 0.25) is 0 Å². The molecule has 3 rings (SSSR count). The van der Waals surface area contributed by atoms with E-state index in [2.05, 4.69) is 6.92 Å². The fourth-order valence-electron chi connectivity index (χ4n) is 3.42. The quantitative estimate of drug-likeness (QED) is 0.580. The number of ether oxygens (including phenoxy) is 2. The Morgan fingerprint density at radius 1 is 1.08 bits per heavy atom. The lowest BCUT2D eigenvalue weighted by molar-refractivity contribution is 0.0981. The molecule has 0 spiro atoms. The van der Waals surface area contributed by atoms with Gasteiger partial charge in [0.15, 0.2) is 11.6 Å². The van der Waals surface area contributed by atoms with Gasteiger partial charge >= 0.3 is 0 Å². The lowest BCUT2D eigenvalue weighted by Gasteiger charge is -2.14. The fourth-order valence-corrected chi connectivity index (χ4v) is 3.42. The maximum Gasteiger partial charge on any atom is 0.167 e. The molecule has 25 heavy (non-hydrogen) atoms. The number of rotatable bonds is 6. The second-order valence-electron chi connectivity index (χ2n) is 6.45.